The van der Waals surface area contributed by atoms with Crippen LogP contribution in [0.2, 0.25) is 32.2 Å². The third-order valence-corrected chi connectivity index (χ3v) is 20.8. The van der Waals surface area contributed by atoms with Crippen molar-refractivity contribution in [1.29, 1.82) is 0 Å². The van der Waals surface area contributed by atoms with E-state index >= 15 is 0 Å². The third kappa shape index (κ3) is 2.46. The van der Waals surface area contributed by atoms with E-state index in [1.54, 1.807) is 0 Å². The second-order valence-corrected chi connectivity index (χ2v) is 21.9. The van der Waals surface area contributed by atoms with Crippen LogP contribution in [0.4, 0.5) is 0 Å². The Hall–Kier alpha value is 0.874. The predicted molar refractivity (Wildman–Crippen MR) is 67.7 cm³/mol. The van der Waals surface area contributed by atoms with Crippen molar-refractivity contribution in [3.63, 3.8) is 0 Å². The first-order chi connectivity index (χ1) is 5.76. The molecular formula is C9H21BrOSi2. The second-order valence-electron chi connectivity index (χ2n) is 5.27. The number of alkyl halides is 1. The van der Waals surface area contributed by atoms with Crippen LogP contribution in [-0.4, -0.2) is 26.4 Å². The fraction of sp³-hybridized carbons (Fsp3) is 1.00. The lowest BCUT2D eigenvalue weighted by molar-refractivity contribution is 0.189. The van der Waals surface area contributed by atoms with E-state index < -0.39 is 15.4 Å². The topological polar surface area (TPSA) is 9.23 Å². The van der Waals surface area contributed by atoms with Crippen LogP contribution in [0.15, 0.2) is 0 Å². The van der Waals surface area contributed by atoms with Gasteiger partial charge >= 0.3 is 0 Å². The summed E-state index contributed by atoms with van der Waals surface area (Å²) in [6.07, 6.45) is 1.74. The summed E-state index contributed by atoms with van der Waals surface area (Å²) >= 11 is 3.64. The van der Waals surface area contributed by atoms with Gasteiger partial charge in [-0.05, 0) is 19.5 Å². The number of hydrogen-bond donors (Lipinski definition) is 0. The Morgan fingerprint density at radius 3 is 2.23 bits per heavy atom. The molecule has 0 radical (unpaired) electrons. The van der Waals surface area contributed by atoms with E-state index in [-0.39, 0.29) is 0 Å². The summed E-state index contributed by atoms with van der Waals surface area (Å²) in [5.41, 5.74) is 0. The van der Waals surface area contributed by atoms with Crippen molar-refractivity contribution in [3.05, 3.63) is 0 Å². The van der Waals surface area contributed by atoms with Gasteiger partial charge < -0.3 is 4.43 Å². The second kappa shape index (κ2) is 3.79. The monoisotopic (exact) mass is 280 g/mol. The Kier molecular flexibility index (Phi) is 3.49. The number of halogens is 1. The number of rotatable bonds is 1. The van der Waals surface area contributed by atoms with Crippen molar-refractivity contribution in [1.82, 2.24) is 0 Å². The summed E-state index contributed by atoms with van der Waals surface area (Å²) in [4.78, 5) is 0.518. The summed E-state index contributed by atoms with van der Waals surface area (Å²) in [5.74, 6) is 0. The maximum absolute atomic E-state index is 6.30. The van der Waals surface area contributed by atoms with Crippen LogP contribution in [-0.2, 0) is 4.43 Å². The summed E-state index contributed by atoms with van der Waals surface area (Å²) in [6.45, 7) is 12.0. The van der Waals surface area contributed by atoms with Crippen LogP contribution in [0, 0.1) is 0 Å². The van der Waals surface area contributed by atoms with E-state index in [0.29, 0.717) is 10.9 Å². The van der Waals surface area contributed by atoms with Gasteiger partial charge in [0.05, 0.1) is 13.7 Å². The Labute approximate surface area is 92.3 Å². The Balaban J connectivity index is 2.71. The lowest BCUT2D eigenvalue weighted by atomic mass is 10.2. The average molecular weight is 281 g/mol. The van der Waals surface area contributed by atoms with Gasteiger partial charge in [0, 0.05) is 4.83 Å². The molecule has 2 unspecified atom stereocenters. The SMILES string of the molecule is CC(Br)C1CC[Si](C)(C)[Si](C)(C)O1. The van der Waals surface area contributed by atoms with E-state index in [9.17, 15) is 0 Å². The first kappa shape index (κ1) is 11.9. The summed E-state index contributed by atoms with van der Waals surface area (Å²) in [5, 5.41) is 0. The molecule has 4 heteroatoms. The van der Waals surface area contributed by atoms with Crippen LogP contribution in [0.25, 0.3) is 0 Å². The molecule has 2 atom stereocenters. The van der Waals surface area contributed by atoms with Crippen LogP contribution in [0.3, 0.4) is 0 Å². The Morgan fingerprint density at radius 2 is 1.85 bits per heavy atom. The average Bonchev–Trinajstić information content (AvgIpc) is 1.94. The molecular weight excluding hydrogens is 260 g/mol. The molecule has 0 aromatic rings. The van der Waals surface area contributed by atoms with Gasteiger partial charge in [0.1, 0.15) is 0 Å². The first-order valence-corrected chi connectivity index (χ1v) is 13.1. The lowest BCUT2D eigenvalue weighted by Crippen LogP contribution is -2.62. The molecule has 0 aromatic heterocycles. The highest BCUT2D eigenvalue weighted by atomic mass is 79.9. The van der Waals surface area contributed by atoms with Crippen LogP contribution in [0.5, 0.6) is 0 Å². The van der Waals surface area contributed by atoms with E-state index in [0.717, 1.165) is 0 Å². The van der Waals surface area contributed by atoms with Crippen molar-refractivity contribution in [3.8, 4) is 0 Å². The molecule has 1 saturated heterocycles. The normalized spacial score (nSPS) is 34.2. The maximum atomic E-state index is 6.30. The van der Waals surface area contributed by atoms with E-state index in [1.165, 1.54) is 12.5 Å². The van der Waals surface area contributed by atoms with Gasteiger partial charge in [-0.15, -0.1) is 0 Å². The molecule has 0 amide bonds. The molecule has 0 aliphatic carbocycles. The van der Waals surface area contributed by atoms with Crippen molar-refractivity contribution >= 4 is 31.4 Å². The molecule has 1 rings (SSSR count). The smallest absolute Gasteiger partial charge is 0.174 e. The largest absolute Gasteiger partial charge is 0.416 e. The number of hydrogen-bond acceptors (Lipinski definition) is 1. The minimum atomic E-state index is -1.34. The van der Waals surface area contributed by atoms with Gasteiger partial charge in [-0.2, -0.15) is 0 Å². The molecule has 78 valence electrons. The van der Waals surface area contributed by atoms with E-state index in [2.05, 4.69) is 49.0 Å². The van der Waals surface area contributed by atoms with E-state index in [4.69, 9.17) is 4.43 Å². The minimum Gasteiger partial charge on any atom is -0.416 e. The van der Waals surface area contributed by atoms with Gasteiger partial charge in [0.2, 0.25) is 0 Å². The van der Waals surface area contributed by atoms with Crippen molar-refractivity contribution in [2.24, 2.45) is 0 Å². The van der Waals surface area contributed by atoms with Crippen LogP contribution in [0.1, 0.15) is 13.3 Å². The molecule has 1 aliphatic heterocycles. The first-order valence-electron chi connectivity index (χ1n) is 5.08. The highest BCUT2D eigenvalue weighted by Crippen LogP contribution is 2.35. The quantitative estimate of drug-likeness (QED) is 0.527. The molecule has 1 fully saturated rings. The summed E-state index contributed by atoms with van der Waals surface area (Å²) < 4.78 is 6.30. The van der Waals surface area contributed by atoms with Gasteiger partial charge in [0.25, 0.3) is 0 Å². The summed E-state index contributed by atoms with van der Waals surface area (Å²) in [7, 11) is -2.34. The highest BCUT2D eigenvalue weighted by Gasteiger charge is 2.48. The van der Waals surface area contributed by atoms with Crippen molar-refractivity contribution in [2.45, 2.75) is 56.5 Å². The lowest BCUT2D eigenvalue weighted by Gasteiger charge is -2.46. The molecule has 13 heavy (non-hydrogen) atoms. The fourth-order valence-electron chi connectivity index (χ4n) is 1.72. The Bertz CT molecular complexity index is 192. The molecule has 0 aromatic carbocycles. The molecule has 1 heterocycles. The highest BCUT2D eigenvalue weighted by molar-refractivity contribution is 9.09. The van der Waals surface area contributed by atoms with E-state index in [1.807, 2.05) is 0 Å². The zero-order chi connectivity index (χ0) is 10.3. The third-order valence-electron chi connectivity index (χ3n) is 3.64. The van der Waals surface area contributed by atoms with Gasteiger partial charge in [-0.1, -0.05) is 42.0 Å². The van der Waals surface area contributed by atoms with Crippen molar-refractivity contribution in [2.75, 3.05) is 0 Å². The molecule has 1 nitrogen and oxygen atoms in total. The summed E-state index contributed by atoms with van der Waals surface area (Å²) in [6, 6.07) is 1.45. The van der Waals surface area contributed by atoms with Gasteiger partial charge in [-0.3, -0.25) is 0 Å². The molecule has 0 bridgehead atoms. The molecule has 0 saturated carbocycles. The zero-order valence-corrected chi connectivity index (χ0v) is 12.9. The molecule has 0 spiro atoms. The Morgan fingerprint density at radius 1 is 1.31 bits per heavy atom. The van der Waals surface area contributed by atoms with Crippen LogP contribution >= 0.6 is 15.9 Å². The predicted octanol–water partition coefficient (Wildman–Crippen LogP) is 3.55. The van der Waals surface area contributed by atoms with Gasteiger partial charge in [0.15, 0.2) is 7.83 Å². The minimum absolute atomic E-state index is 0.474. The standard InChI is InChI=1S/C9H21BrOSi2/c1-8(10)9-6-7-12(2,3)13(4,5)11-9/h8-9H,6-7H2,1-5H3. The fourth-order valence-corrected chi connectivity index (χ4v) is 8.95. The van der Waals surface area contributed by atoms with Crippen molar-refractivity contribution < 1.29 is 4.43 Å². The maximum Gasteiger partial charge on any atom is 0.174 e. The van der Waals surface area contributed by atoms with Gasteiger partial charge in [-0.25, -0.2) is 0 Å². The molecule has 0 N–H and O–H groups in total. The van der Waals surface area contributed by atoms with Crippen LogP contribution < -0.4 is 0 Å². The zero-order valence-electron chi connectivity index (χ0n) is 9.36. The molecule has 1 aliphatic rings.